The number of carbonyl (C=O) groups is 1. The second-order valence-electron chi connectivity index (χ2n) is 7.84. The Hall–Kier alpha value is -1.65. The van der Waals surface area contributed by atoms with Crippen molar-refractivity contribution in [3.63, 3.8) is 0 Å². The molecular weight excluding hydrogens is 302 g/mol. The molecule has 2 saturated carbocycles. The summed E-state index contributed by atoms with van der Waals surface area (Å²) in [6.45, 7) is 1.18. The smallest absolute Gasteiger partial charge is 0.256 e. The van der Waals surface area contributed by atoms with Gasteiger partial charge in [0.05, 0.1) is 18.6 Å². The van der Waals surface area contributed by atoms with E-state index >= 15 is 0 Å². The van der Waals surface area contributed by atoms with Crippen LogP contribution < -0.4 is 5.56 Å². The van der Waals surface area contributed by atoms with Crippen LogP contribution in [-0.2, 0) is 24.8 Å². The number of rotatable bonds is 1. The van der Waals surface area contributed by atoms with Crippen molar-refractivity contribution in [3.8, 4) is 0 Å². The minimum absolute atomic E-state index is 0.0390. The molecule has 130 valence electrons. The second-order valence-corrected chi connectivity index (χ2v) is 7.84. The third kappa shape index (κ3) is 2.68. The van der Waals surface area contributed by atoms with E-state index in [0.717, 1.165) is 23.6 Å². The lowest BCUT2D eigenvalue weighted by Gasteiger charge is -2.42. The minimum Gasteiger partial charge on any atom is -0.336 e. The summed E-state index contributed by atoms with van der Waals surface area (Å²) in [4.78, 5) is 31.8. The lowest BCUT2D eigenvalue weighted by Crippen LogP contribution is -2.46. The zero-order chi connectivity index (χ0) is 16.7. The first kappa shape index (κ1) is 15.9. The molecule has 4 rings (SSSR count). The van der Waals surface area contributed by atoms with E-state index in [1.54, 1.807) is 13.4 Å². The van der Waals surface area contributed by atoms with Crippen molar-refractivity contribution < 1.29 is 4.79 Å². The van der Waals surface area contributed by atoms with Gasteiger partial charge in [0, 0.05) is 25.1 Å². The van der Waals surface area contributed by atoms with Crippen LogP contribution in [0.25, 0.3) is 0 Å². The molecular formula is C19H27N3O2. The molecule has 1 amide bonds. The van der Waals surface area contributed by atoms with Crippen molar-refractivity contribution in [2.24, 2.45) is 24.8 Å². The molecule has 0 bridgehead atoms. The number of aromatic nitrogens is 2. The van der Waals surface area contributed by atoms with Crippen LogP contribution in [0.2, 0.25) is 0 Å². The zero-order valence-corrected chi connectivity index (χ0v) is 14.5. The van der Waals surface area contributed by atoms with Gasteiger partial charge in [-0.2, -0.15) is 0 Å². The molecule has 0 saturated heterocycles. The number of amides is 1. The Morgan fingerprint density at radius 3 is 2.83 bits per heavy atom. The van der Waals surface area contributed by atoms with Gasteiger partial charge >= 0.3 is 0 Å². The largest absolute Gasteiger partial charge is 0.336 e. The van der Waals surface area contributed by atoms with Crippen LogP contribution in [-0.4, -0.2) is 26.9 Å². The fraction of sp³-hybridized carbons (Fsp3) is 0.737. The highest BCUT2D eigenvalue weighted by Crippen LogP contribution is 2.44. The van der Waals surface area contributed by atoms with Crippen LogP contribution in [0.5, 0.6) is 0 Å². The molecule has 1 aromatic heterocycles. The second kappa shape index (κ2) is 6.34. The Kier molecular flexibility index (Phi) is 4.19. The highest BCUT2D eigenvalue weighted by molar-refractivity contribution is 5.79. The summed E-state index contributed by atoms with van der Waals surface area (Å²) >= 11 is 0. The minimum atomic E-state index is 0.0390. The van der Waals surface area contributed by atoms with Gasteiger partial charge in [-0.25, -0.2) is 4.98 Å². The molecule has 2 fully saturated rings. The Morgan fingerprint density at radius 2 is 1.96 bits per heavy atom. The number of hydrogen-bond acceptors (Lipinski definition) is 3. The summed E-state index contributed by atoms with van der Waals surface area (Å²) in [7, 11) is 1.73. The third-order valence-corrected chi connectivity index (χ3v) is 6.49. The topological polar surface area (TPSA) is 55.2 Å². The Labute approximate surface area is 143 Å². The maximum atomic E-state index is 13.2. The molecule has 2 aliphatic carbocycles. The number of aryl methyl sites for hydroxylation is 1. The van der Waals surface area contributed by atoms with Gasteiger partial charge in [-0.15, -0.1) is 0 Å². The van der Waals surface area contributed by atoms with Gasteiger partial charge in [-0.1, -0.05) is 32.1 Å². The van der Waals surface area contributed by atoms with Gasteiger partial charge in [0.25, 0.3) is 5.56 Å². The molecule has 2 heterocycles. The Balaban J connectivity index is 1.53. The van der Waals surface area contributed by atoms with Crippen molar-refractivity contribution in [1.82, 2.24) is 14.5 Å². The fourth-order valence-electron chi connectivity index (χ4n) is 5.18. The average Bonchev–Trinajstić information content (AvgIpc) is 2.63. The number of nitrogens with zero attached hydrogens (tertiary/aromatic N) is 3. The first-order chi connectivity index (χ1) is 11.6. The average molecular weight is 329 g/mol. The van der Waals surface area contributed by atoms with Gasteiger partial charge in [-0.3, -0.25) is 9.59 Å². The molecule has 1 aromatic rings. The lowest BCUT2D eigenvalue weighted by atomic mass is 9.65. The highest BCUT2D eigenvalue weighted by Gasteiger charge is 2.40. The van der Waals surface area contributed by atoms with Gasteiger partial charge < -0.3 is 9.47 Å². The van der Waals surface area contributed by atoms with E-state index in [1.165, 1.54) is 43.1 Å². The van der Waals surface area contributed by atoms with Crippen LogP contribution >= 0.6 is 0 Å². The van der Waals surface area contributed by atoms with E-state index in [2.05, 4.69) is 4.98 Å². The first-order valence-corrected chi connectivity index (χ1v) is 9.47. The maximum Gasteiger partial charge on any atom is 0.256 e. The molecule has 3 aliphatic rings. The molecule has 1 aliphatic heterocycles. The van der Waals surface area contributed by atoms with Crippen LogP contribution in [0, 0.1) is 17.8 Å². The summed E-state index contributed by atoms with van der Waals surface area (Å²) in [5, 5.41) is 0. The van der Waals surface area contributed by atoms with Crippen molar-refractivity contribution in [3.05, 3.63) is 27.9 Å². The van der Waals surface area contributed by atoms with E-state index in [9.17, 15) is 9.59 Å². The van der Waals surface area contributed by atoms with Crippen molar-refractivity contribution in [2.75, 3.05) is 6.54 Å². The Bertz CT molecular complexity index is 694. The van der Waals surface area contributed by atoms with Gasteiger partial charge in [0.1, 0.15) is 0 Å². The van der Waals surface area contributed by atoms with Crippen molar-refractivity contribution in [1.29, 1.82) is 0 Å². The van der Waals surface area contributed by atoms with E-state index in [-0.39, 0.29) is 11.5 Å². The molecule has 0 aromatic carbocycles. The summed E-state index contributed by atoms with van der Waals surface area (Å²) in [6.07, 6.45) is 10.9. The number of hydrogen-bond donors (Lipinski definition) is 0. The SMILES string of the molecule is Cn1cnc2c(c1=O)CCN(C(=O)[C@@H]1CCC[C@H]3CCCC[C@H]31)C2. The maximum absolute atomic E-state index is 13.2. The Morgan fingerprint density at radius 1 is 1.17 bits per heavy atom. The lowest BCUT2D eigenvalue weighted by molar-refractivity contribution is -0.141. The molecule has 5 heteroatoms. The normalized spacial score (nSPS) is 29.7. The van der Waals surface area contributed by atoms with Crippen LogP contribution in [0.1, 0.15) is 56.2 Å². The predicted octanol–water partition coefficient (Wildman–Crippen LogP) is 2.27. The molecule has 3 atom stereocenters. The van der Waals surface area contributed by atoms with Gasteiger partial charge in [-0.05, 0) is 31.1 Å². The van der Waals surface area contributed by atoms with E-state index in [4.69, 9.17) is 0 Å². The van der Waals surface area contributed by atoms with Gasteiger partial charge in [0.2, 0.25) is 5.91 Å². The summed E-state index contributed by atoms with van der Waals surface area (Å²) in [6, 6.07) is 0. The fourth-order valence-corrected chi connectivity index (χ4v) is 5.18. The van der Waals surface area contributed by atoms with E-state index in [1.807, 2.05) is 4.90 Å². The molecule has 24 heavy (non-hydrogen) atoms. The predicted molar refractivity (Wildman–Crippen MR) is 91.4 cm³/mol. The zero-order valence-electron chi connectivity index (χ0n) is 14.5. The van der Waals surface area contributed by atoms with Gasteiger partial charge in [0.15, 0.2) is 0 Å². The molecule has 0 unspecified atom stereocenters. The van der Waals surface area contributed by atoms with Crippen LogP contribution in [0.3, 0.4) is 0 Å². The third-order valence-electron chi connectivity index (χ3n) is 6.49. The molecule has 0 spiro atoms. The van der Waals surface area contributed by atoms with E-state index in [0.29, 0.717) is 31.3 Å². The quantitative estimate of drug-likeness (QED) is 0.794. The first-order valence-electron chi connectivity index (χ1n) is 9.47. The summed E-state index contributed by atoms with van der Waals surface area (Å²) in [5.41, 5.74) is 1.63. The van der Waals surface area contributed by atoms with Crippen molar-refractivity contribution in [2.45, 2.75) is 57.9 Å². The number of carbonyl (C=O) groups excluding carboxylic acids is 1. The summed E-state index contributed by atoms with van der Waals surface area (Å²) in [5.74, 6) is 1.89. The van der Waals surface area contributed by atoms with Crippen LogP contribution in [0.4, 0.5) is 0 Å². The summed E-state index contributed by atoms with van der Waals surface area (Å²) < 4.78 is 1.53. The molecule has 0 radical (unpaired) electrons. The van der Waals surface area contributed by atoms with Crippen molar-refractivity contribution >= 4 is 5.91 Å². The van der Waals surface area contributed by atoms with Crippen LogP contribution in [0.15, 0.2) is 11.1 Å². The monoisotopic (exact) mass is 329 g/mol. The highest BCUT2D eigenvalue weighted by atomic mass is 16.2. The molecule has 0 N–H and O–H groups in total. The number of fused-ring (bicyclic) bond motifs is 2. The standard InChI is InChI=1S/C19H27N3O2/c1-21-12-20-17-11-22(10-9-16(17)18(21)23)19(24)15-8-4-6-13-5-2-3-7-14(13)15/h12-15H,2-11H2,1H3/t13-,14-,15-/m1/s1. The van der Waals surface area contributed by atoms with E-state index < -0.39 is 0 Å². The molecule has 5 nitrogen and oxygen atoms in total.